The van der Waals surface area contributed by atoms with Gasteiger partial charge in [0.15, 0.2) is 5.75 Å². The number of halogens is 1. The van der Waals surface area contributed by atoms with Crippen LogP contribution in [-0.4, -0.2) is 51.0 Å². The molecule has 1 aliphatic rings. The van der Waals surface area contributed by atoms with E-state index in [4.69, 9.17) is 9.47 Å². The summed E-state index contributed by atoms with van der Waals surface area (Å²) in [6, 6.07) is 13.6. The number of aromatic nitrogens is 4. The molecule has 1 N–H and O–H groups in total. The van der Waals surface area contributed by atoms with Crippen LogP contribution in [0.25, 0.3) is 11.2 Å². The molecule has 0 aliphatic carbocycles. The number of ether oxygens (including phenoxy) is 2. The maximum atomic E-state index is 13.5. The zero-order chi connectivity index (χ0) is 31.0. The predicted octanol–water partition coefficient (Wildman–Crippen LogP) is 4.56. The van der Waals surface area contributed by atoms with Gasteiger partial charge in [-0.05, 0) is 74.9 Å². The van der Waals surface area contributed by atoms with Crippen LogP contribution < -0.4 is 26.2 Å². The van der Waals surface area contributed by atoms with E-state index in [2.05, 4.69) is 15.3 Å². The average Bonchev–Trinajstić information content (AvgIpc) is 3.49. The molecule has 4 heterocycles. The van der Waals surface area contributed by atoms with E-state index in [-0.39, 0.29) is 17.3 Å². The number of aryl methyl sites for hydroxylation is 1. The lowest BCUT2D eigenvalue weighted by atomic mass is 10.2. The van der Waals surface area contributed by atoms with Gasteiger partial charge in [-0.3, -0.25) is 14.2 Å². The van der Waals surface area contributed by atoms with E-state index in [0.29, 0.717) is 30.4 Å². The third-order valence-corrected chi connectivity index (χ3v) is 7.48. The third kappa shape index (κ3) is 5.59. The summed E-state index contributed by atoms with van der Waals surface area (Å²) in [5.74, 6) is 0.00973. The van der Waals surface area contributed by atoms with Gasteiger partial charge in [0, 0.05) is 37.1 Å². The summed E-state index contributed by atoms with van der Waals surface area (Å²) in [5.41, 5.74) is 1.44. The number of hydrogen-bond acceptors (Lipinski definition) is 7. The molecular weight excluding hydrogens is 567 g/mol. The normalized spacial score (nSPS) is 13.4. The van der Waals surface area contributed by atoms with Gasteiger partial charge in [-0.15, -0.1) is 0 Å². The van der Waals surface area contributed by atoms with Crippen LogP contribution in [0.4, 0.5) is 15.8 Å². The fourth-order valence-corrected chi connectivity index (χ4v) is 5.13. The van der Waals surface area contributed by atoms with Gasteiger partial charge in [-0.1, -0.05) is 0 Å². The molecule has 1 fully saturated rings. The minimum atomic E-state index is -0.808. The lowest BCUT2D eigenvalue weighted by molar-refractivity contribution is 0.102. The first-order chi connectivity index (χ1) is 21.2. The number of anilines is 2. The average molecular weight is 599 g/mol. The maximum Gasteiger partial charge on any atom is 0.335 e. The molecule has 0 spiro atoms. The number of morpholine rings is 1. The second kappa shape index (κ2) is 11.8. The fourth-order valence-electron chi connectivity index (χ4n) is 5.13. The Labute approximate surface area is 251 Å². The van der Waals surface area contributed by atoms with Crippen molar-refractivity contribution in [1.29, 1.82) is 0 Å². The Kier molecular flexibility index (Phi) is 7.75. The minimum Gasteiger partial charge on any atom is -0.455 e. The molecule has 226 valence electrons. The third-order valence-electron chi connectivity index (χ3n) is 7.48. The zero-order valence-corrected chi connectivity index (χ0v) is 24.5. The van der Waals surface area contributed by atoms with Crippen LogP contribution in [0.15, 0.2) is 82.8 Å². The molecule has 0 radical (unpaired) electrons. The summed E-state index contributed by atoms with van der Waals surface area (Å²) in [6.07, 6.45) is 4.93. The number of nitrogens with one attached hydrogen (secondary N) is 1. The van der Waals surface area contributed by atoms with Crippen molar-refractivity contribution in [2.45, 2.75) is 26.8 Å². The number of amides is 1. The van der Waals surface area contributed by atoms with E-state index in [1.165, 1.54) is 22.9 Å². The van der Waals surface area contributed by atoms with Gasteiger partial charge >= 0.3 is 5.69 Å². The van der Waals surface area contributed by atoms with Crippen LogP contribution in [0.3, 0.4) is 0 Å². The van der Waals surface area contributed by atoms with E-state index in [1.807, 2.05) is 25.3 Å². The van der Waals surface area contributed by atoms with Gasteiger partial charge in [0.1, 0.15) is 22.6 Å². The number of carbonyl (C=O) groups is 1. The molecule has 44 heavy (non-hydrogen) atoms. The molecule has 12 heteroatoms. The number of carbonyl (C=O) groups excluding carboxylic acids is 1. The highest BCUT2D eigenvalue weighted by Gasteiger charge is 2.21. The first kappa shape index (κ1) is 28.9. The molecule has 1 aliphatic heterocycles. The number of fused-ring (bicyclic) bond motifs is 1. The molecular formula is C32H31FN6O5. The van der Waals surface area contributed by atoms with Gasteiger partial charge in [-0.2, -0.15) is 5.10 Å². The molecule has 0 bridgehead atoms. The topological polar surface area (TPSA) is 112 Å². The smallest absolute Gasteiger partial charge is 0.335 e. The second-order valence-corrected chi connectivity index (χ2v) is 10.8. The predicted molar refractivity (Wildman–Crippen MR) is 164 cm³/mol. The molecule has 0 saturated carbocycles. The van der Waals surface area contributed by atoms with E-state index in [0.717, 1.165) is 46.6 Å². The number of hydrogen-bond donors (Lipinski definition) is 1. The summed E-state index contributed by atoms with van der Waals surface area (Å²) in [5, 5.41) is 7.17. The molecule has 0 atom stereocenters. The Morgan fingerprint density at radius 2 is 1.73 bits per heavy atom. The van der Waals surface area contributed by atoms with Gasteiger partial charge in [0.25, 0.3) is 11.5 Å². The van der Waals surface area contributed by atoms with Crippen molar-refractivity contribution in [2.75, 3.05) is 36.5 Å². The Morgan fingerprint density at radius 3 is 2.43 bits per heavy atom. The lowest BCUT2D eigenvalue weighted by Crippen LogP contribution is -2.42. The first-order valence-electron chi connectivity index (χ1n) is 14.2. The SMILES string of the molecule is Cc1cc(NC(=O)c2cn(C(C)C)c(=O)n(-c3ccc(F)cc3)c2=O)ccc1Oc1cc(N2CCOCC2)cn2nccc12. The van der Waals surface area contributed by atoms with Gasteiger partial charge in [0.2, 0.25) is 0 Å². The fraction of sp³-hybridized carbons (Fsp3) is 0.250. The van der Waals surface area contributed by atoms with E-state index < -0.39 is 23.0 Å². The summed E-state index contributed by atoms with van der Waals surface area (Å²) in [4.78, 5) is 42.1. The van der Waals surface area contributed by atoms with Crippen molar-refractivity contribution in [3.8, 4) is 17.2 Å². The van der Waals surface area contributed by atoms with E-state index >= 15 is 0 Å². The van der Waals surface area contributed by atoms with Crippen molar-refractivity contribution in [1.82, 2.24) is 18.7 Å². The number of benzene rings is 2. The highest BCUT2D eigenvalue weighted by atomic mass is 19.1. The first-order valence-corrected chi connectivity index (χ1v) is 14.2. The van der Waals surface area contributed by atoms with Crippen LogP contribution in [-0.2, 0) is 4.74 Å². The van der Waals surface area contributed by atoms with E-state index in [9.17, 15) is 18.8 Å². The van der Waals surface area contributed by atoms with Gasteiger partial charge < -0.3 is 19.7 Å². The largest absolute Gasteiger partial charge is 0.455 e. The van der Waals surface area contributed by atoms with Crippen molar-refractivity contribution >= 4 is 22.8 Å². The van der Waals surface area contributed by atoms with Crippen molar-refractivity contribution in [3.63, 3.8) is 0 Å². The van der Waals surface area contributed by atoms with Crippen LogP contribution in [0.1, 0.15) is 35.8 Å². The Morgan fingerprint density at radius 1 is 0.977 bits per heavy atom. The quantitative estimate of drug-likeness (QED) is 0.292. The van der Waals surface area contributed by atoms with Crippen LogP contribution in [0.2, 0.25) is 0 Å². The molecule has 5 aromatic rings. The summed E-state index contributed by atoms with van der Waals surface area (Å²) in [6.45, 7) is 8.21. The Hall–Kier alpha value is -5.23. The molecule has 3 aromatic heterocycles. The minimum absolute atomic E-state index is 0.160. The van der Waals surface area contributed by atoms with Crippen molar-refractivity contribution in [3.05, 3.63) is 111 Å². The molecule has 11 nitrogen and oxygen atoms in total. The van der Waals surface area contributed by atoms with Crippen LogP contribution >= 0.6 is 0 Å². The van der Waals surface area contributed by atoms with Gasteiger partial charge in [-0.25, -0.2) is 18.3 Å². The Balaban J connectivity index is 1.28. The summed E-state index contributed by atoms with van der Waals surface area (Å²) >= 11 is 0. The molecule has 2 aromatic carbocycles. The molecule has 6 rings (SSSR count). The number of rotatable bonds is 7. The molecule has 0 unspecified atom stereocenters. The number of nitrogens with zero attached hydrogens (tertiary/aromatic N) is 5. The summed E-state index contributed by atoms with van der Waals surface area (Å²) in [7, 11) is 0. The monoisotopic (exact) mass is 598 g/mol. The van der Waals surface area contributed by atoms with Crippen molar-refractivity contribution < 1.29 is 18.7 Å². The summed E-state index contributed by atoms with van der Waals surface area (Å²) < 4.78 is 29.3. The maximum absolute atomic E-state index is 13.5. The standard InChI is InChI=1S/C32H31FN6O5/c1-20(2)37-19-26(31(41)39(32(37)42)24-7-4-22(33)5-8-24)30(40)35-23-6-9-28(21(3)16-23)44-29-17-25(36-12-14-43-15-13-36)18-38-27(29)10-11-34-38/h4-11,16-20H,12-15H2,1-3H3,(H,35,40). The van der Waals surface area contributed by atoms with Crippen LogP contribution in [0.5, 0.6) is 11.5 Å². The van der Waals surface area contributed by atoms with Gasteiger partial charge in [0.05, 0.1) is 37.0 Å². The zero-order valence-electron chi connectivity index (χ0n) is 24.5. The molecule has 1 amide bonds. The molecule has 1 saturated heterocycles. The lowest BCUT2D eigenvalue weighted by Gasteiger charge is -2.29. The van der Waals surface area contributed by atoms with E-state index in [1.54, 1.807) is 42.8 Å². The number of pyridine rings is 1. The highest BCUT2D eigenvalue weighted by molar-refractivity contribution is 6.04. The second-order valence-electron chi connectivity index (χ2n) is 10.8. The van der Waals surface area contributed by atoms with Crippen LogP contribution in [0, 0.1) is 12.7 Å². The highest BCUT2D eigenvalue weighted by Crippen LogP contribution is 2.33. The van der Waals surface area contributed by atoms with Crippen molar-refractivity contribution in [2.24, 2.45) is 0 Å². The Bertz CT molecular complexity index is 1970.